The first-order chi connectivity index (χ1) is 5.74. The molecule has 0 spiro atoms. The Labute approximate surface area is 78.7 Å². The van der Waals surface area contributed by atoms with E-state index >= 15 is 0 Å². The van der Waals surface area contributed by atoms with Crippen LogP contribution < -0.4 is 4.72 Å². The molecule has 1 nitrogen and oxygen atoms in total. The maximum atomic E-state index is 3.19. The third-order valence-corrected chi connectivity index (χ3v) is 2.24. The number of hydrogen-bond donors (Lipinski definition) is 1. The van der Waals surface area contributed by atoms with E-state index in [4.69, 9.17) is 0 Å². The van der Waals surface area contributed by atoms with Gasteiger partial charge in [0, 0.05) is 11.9 Å². The highest BCUT2D eigenvalue weighted by Crippen LogP contribution is 2.18. The fourth-order valence-electron chi connectivity index (χ4n) is 1.05. The Bertz CT molecular complexity index is 228. The zero-order chi connectivity index (χ0) is 8.97. The van der Waals surface area contributed by atoms with Crippen molar-refractivity contribution in [1.29, 1.82) is 0 Å². The molecule has 0 atom stereocenters. The average Bonchev–Trinajstić information content (AvgIpc) is 2.06. The summed E-state index contributed by atoms with van der Waals surface area (Å²) in [5.41, 5.74) is 2.56. The quantitative estimate of drug-likeness (QED) is 0.716. The van der Waals surface area contributed by atoms with E-state index in [1.807, 2.05) is 6.26 Å². The van der Waals surface area contributed by atoms with Crippen LogP contribution in [0.25, 0.3) is 0 Å². The topological polar surface area (TPSA) is 12.0 Å². The van der Waals surface area contributed by atoms with Gasteiger partial charge in [0.2, 0.25) is 0 Å². The molecule has 1 rings (SSSR count). The van der Waals surface area contributed by atoms with E-state index in [-0.39, 0.29) is 0 Å². The largest absolute Gasteiger partial charge is 0.330 e. The van der Waals surface area contributed by atoms with Crippen molar-refractivity contribution >= 4 is 17.6 Å². The molecule has 1 aromatic rings. The van der Waals surface area contributed by atoms with Crippen molar-refractivity contribution in [1.82, 2.24) is 0 Å². The molecule has 0 saturated carbocycles. The van der Waals surface area contributed by atoms with E-state index in [1.54, 1.807) is 11.9 Å². The minimum absolute atomic E-state index is 0.619. The van der Waals surface area contributed by atoms with Gasteiger partial charge in [-0.3, -0.25) is 0 Å². The summed E-state index contributed by atoms with van der Waals surface area (Å²) < 4.78 is 3.19. The van der Waals surface area contributed by atoms with Gasteiger partial charge in [-0.1, -0.05) is 37.9 Å². The lowest BCUT2D eigenvalue weighted by atomic mass is 10.0. The second kappa shape index (κ2) is 4.41. The van der Waals surface area contributed by atoms with Crippen molar-refractivity contribution in [3.05, 3.63) is 29.8 Å². The lowest BCUT2D eigenvalue weighted by Gasteiger charge is -2.06. The van der Waals surface area contributed by atoms with Crippen molar-refractivity contribution in [2.45, 2.75) is 19.8 Å². The Morgan fingerprint density at radius 2 is 1.75 bits per heavy atom. The summed E-state index contributed by atoms with van der Waals surface area (Å²) in [6.07, 6.45) is 2.02. The number of rotatable bonds is 3. The van der Waals surface area contributed by atoms with Crippen molar-refractivity contribution in [3.63, 3.8) is 0 Å². The molecule has 0 aliphatic rings. The molecule has 12 heavy (non-hydrogen) atoms. The molecule has 0 fully saturated rings. The minimum atomic E-state index is 0.619. The number of benzene rings is 1. The second-order valence-electron chi connectivity index (χ2n) is 3.08. The Morgan fingerprint density at radius 1 is 1.17 bits per heavy atom. The minimum Gasteiger partial charge on any atom is -0.330 e. The van der Waals surface area contributed by atoms with E-state index in [1.165, 1.54) is 11.3 Å². The van der Waals surface area contributed by atoms with E-state index in [0.717, 1.165) is 0 Å². The van der Waals surface area contributed by atoms with Crippen LogP contribution in [0.1, 0.15) is 25.3 Å². The first-order valence-corrected chi connectivity index (χ1v) is 5.35. The van der Waals surface area contributed by atoms with Crippen LogP contribution in [-0.4, -0.2) is 6.26 Å². The van der Waals surface area contributed by atoms with E-state index in [2.05, 4.69) is 42.8 Å². The predicted molar refractivity (Wildman–Crippen MR) is 57.7 cm³/mol. The number of hydrogen-bond acceptors (Lipinski definition) is 2. The number of nitrogens with one attached hydrogen (secondary N) is 1. The fraction of sp³-hybridized carbons (Fsp3) is 0.400. The SMILES string of the molecule is CSNc1ccc(C(C)C)cc1. The summed E-state index contributed by atoms with van der Waals surface area (Å²) in [5.74, 6) is 0.619. The molecular formula is C10H15NS. The van der Waals surface area contributed by atoms with Gasteiger partial charge < -0.3 is 4.72 Å². The molecule has 0 aliphatic heterocycles. The molecule has 0 amide bonds. The summed E-state index contributed by atoms with van der Waals surface area (Å²) in [5, 5.41) is 0. The molecule has 2 heteroatoms. The first kappa shape index (κ1) is 9.46. The van der Waals surface area contributed by atoms with Crippen LogP contribution in [0, 0.1) is 0 Å². The Balaban J connectivity index is 2.71. The summed E-state index contributed by atoms with van der Waals surface area (Å²) in [7, 11) is 0. The molecule has 1 N–H and O–H groups in total. The maximum absolute atomic E-state index is 3.19. The standard InChI is InChI=1S/C10H15NS/c1-8(2)9-4-6-10(7-5-9)11-12-3/h4-8,11H,1-3H3. The van der Waals surface area contributed by atoms with Crippen LogP contribution in [0.2, 0.25) is 0 Å². The summed E-state index contributed by atoms with van der Waals surface area (Å²) in [4.78, 5) is 0. The van der Waals surface area contributed by atoms with Gasteiger partial charge in [-0.2, -0.15) is 0 Å². The van der Waals surface area contributed by atoms with Gasteiger partial charge in [-0.25, -0.2) is 0 Å². The first-order valence-electron chi connectivity index (χ1n) is 4.13. The molecular weight excluding hydrogens is 166 g/mol. The highest BCUT2D eigenvalue weighted by Gasteiger charge is 1.97. The van der Waals surface area contributed by atoms with Gasteiger partial charge in [0.1, 0.15) is 0 Å². The van der Waals surface area contributed by atoms with Crippen LogP contribution in [0.15, 0.2) is 24.3 Å². The average molecular weight is 181 g/mol. The smallest absolute Gasteiger partial charge is 0.0440 e. The number of anilines is 1. The zero-order valence-electron chi connectivity index (χ0n) is 7.79. The molecule has 0 heterocycles. The van der Waals surface area contributed by atoms with Gasteiger partial charge in [-0.05, 0) is 23.6 Å². The molecule has 0 saturated heterocycles. The molecule has 0 aromatic heterocycles. The van der Waals surface area contributed by atoms with Gasteiger partial charge in [0.25, 0.3) is 0 Å². The molecule has 66 valence electrons. The monoisotopic (exact) mass is 181 g/mol. The van der Waals surface area contributed by atoms with Crippen LogP contribution in [0.5, 0.6) is 0 Å². The van der Waals surface area contributed by atoms with E-state index < -0.39 is 0 Å². The highest BCUT2D eigenvalue weighted by atomic mass is 32.2. The summed E-state index contributed by atoms with van der Waals surface area (Å²) in [6.45, 7) is 4.41. The van der Waals surface area contributed by atoms with Gasteiger partial charge >= 0.3 is 0 Å². The normalized spacial score (nSPS) is 10.3. The van der Waals surface area contributed by atoms with Gasteiger partial charge in [0.15, 0.2) is 0 Å². The van der Waals surface area contributed by atoms with E-state index in [9.17, 15) is 0 Å². The van der Waals surface area contributed by atoms with E-state index in [0.29, 0.717) is 5.92 Å². The fourth-order valence-corrected chi connectivity index (χ4v) is 1.43. The molecule has 0 radical (unpaired) electrons. The molecule has 1 aromatic carbocycles. The van der Waals surface area contributed by atoms with Crippen LogP contribution in [0.3, 0.4) is 0 Å². The summed E-state index contributed by atoms with van der Waals surface area (Å²) >= 11 is 1.62. The van der Waals surface area contributed by atoms with Crippen molar-refractivity contribution in [2.75, 3.05) is 11.0 Å². The van der Waals surface area contributed by atoms with Gasteiger partial charge in [-0.15, -0.1) is 0 Å². The van der Waals surface area contributed by atoms with Gasteiger partial charge in [0.05, 0.1) is 0 Å². The highest BCUT2D eigenvalue weighted by molar-refractivity contribution is 7.99. The lowest BCUT2D eigenvalue weighted by molar-refractivity contribution is 0.867. The van der Waals surface area contributed by atoms with Crippen molar-refractivity contribution in [2.24, 2.45) is 0 Å². The van der Waals surface area contributed by atoms with Crippen molar-refractivity contribution in [3.8, 4) is 0 Å². The molecule has 0 unspecified atom stereocenters. The van der Waals surface area contributed by atoms with Crippen LogP contribution >= 0.6 is 11.9 Å². The Morgan fingerprint density at radius 3 is 2.17 bits per heavy atom. The Kier molecular flexibility index (Phi) is 3.48. The zero-order valence-corrected chi connectivity index (χ0v) is 8.61. The second-order valence-corrected chi connectivity index (χ2v) is 3.70. The molecule has 0 aliphatic carbocycles. The predicted octanol–water partition coefficient (Wildman–Crippen LogP) is 3.50. The van der Waals surface area contributed by atoms with Crippen LogP contribution in [-0.2, 0) is 0 Å². The summed E-state index contributed by atoms with van der Waals surface area (Å²) in [6, 6.07) is 8.57. The molecule has 0 bridgehead atoms. The third-order valence-electron chi connectivity index (χ3n) is 1.80. The Hall–Kier alpha value is -0.630. The van der Waals surface area contributed by atoms with Crippen LogP contribution in [0.4, 0.5) is 5.69 Å². The van der Waals surface area contributed by atoms with Crippen molar-refractivity contribution < 1.29 is 0 Å². The lowest BCUT2D eigenvalue weighted by Crippen LogP contribution is -1.88. The third kappa shape index (κ3) is 2.45. The maximum Gasteiger partial charge on any atom is 0.0440 e.